The van der Waals surface area contributed by atoms with E-state index in [9.17, 15) is 14.4 Å². The minimum atomic E-state index is -0.772. The fraction of sp³-hybridized carbons (Fsp3) is 0.807. The van der Waals surface area contributed by atoms with Gasteiger partial charge in [0.15, 0.2) is 6.10 Å². The Hall–Kier alpha value is -2.63. The average molecular weight is 883 g/mol. The van der Waals surface area contributed by atoms with E-state index in [0.717, 1.165) is 89.9 Å². The standard InChI is InChI=1S/C57H102O6/c1-4-7-10-13-16-19-21-22-23-24-25-26-27-28-29-30-31-32-33-34-35-36-37-39-41-44-47-50-56(59)62-53-54(52-61-55(58)49-46-43-40-18-15-12-9-6-3)63-57(60)51-48-45-42-38-20-17-14-11-8-5-2/h11,14,21-22,24-25,27-28,54H,4-10,12-13,15-20,23,26,29-53H2,1-3H3/b14-11-,22-21-,25-24-,28-27-. The highest BCUT2D eigenvalue weighted by molar-refractivity contribution is 5.71. The zero-order valence-electron chi connectivity index (χ0n) is 41.8. The molecule has 0 aliphatic rings. The second-order valence-electron chi connectivity index (χ2n) is 18.1. The van der Waals surface area contributed by atoms with Crippen LogP contribution in [-0.4, -0.2) is 37.2 Å². The number of esters is 3. The van der Waals surface area contributed by atoms with Gasteiger partial charge in [-0.2, -0.15) is 0 Å². The van der Waals surface area contributed by atoms with Crippen LogP contribution in [-0.2, 0) is 28.6 Å². The highest BCUT2D eigenvalue weighted by Gasteiger charge is 2.19. The lowest BCUT2D eigenvalue weighted by Gasteiger charge is -2.18. The summed E-state index contributed by atoms with van der Waals surface area (Å²) in [5, 5.41) is 0. The van der Waals surface area contributed by atoms with Crippen LogP contribution in [0.25, 0.3) is 0 Å². The average Bonchev–Trinajstić information content (AvgIpc) is 3.28. The molecule has 6 nitrogen and oxygen atoms in total. The second-order valence-corrected chi connectivity index (χ2v) is 18.1. The Morgan fingerprint density at radius 2 is 0.603 bits per heavy atom. The maximum Gasteiger partial charge on any atom is 0.306 e. The SMILES string of the molecule is CCC/C=C\CCCCCCCC(=O)OC(COC(=O)CCCCCCCCCC)COC(=O)CCCCCCCCCCCCCC/C=C\C/C=C\C/C=C\CCCCCCC. The molecule has 0 spiro atoms. The summed E-state index contributed by atoms with van der Waals surface area (Å²) in [4.78, 5) is 37.8. The van der Waals surface area contributed by atoms with Gasteiger partial charge in [-0.05, 0) is 77.0 Å². The van der Waals surface area contributed by atoms with E-state index in [2.05, 4.69) is 69.4 Å². The van der Waals surface area contributed by atoms with Gasteiger partial charge in [-0.1, -0.05) is 230 Å². The zero-order valence-corrected chi connectivity index (χ0v) is 41.8. The maximum atomic E-state index is 12.7. The Labute approximate surface area is 390 Å². The van der Waals surface area contributed by atoms with Crippen molar-refractivity contribution in [3.63, 3.8) is 0 Å². The van der Waals surface area contributed by atoms with Crippen molar-refractivity contribution >= 4 is 17.9 Å². The molecule has 0 amide bonds. The number of unbranched alkanes of at least 4 members (excludes halogenated alkanes) is 30. The molecule has 0 fully saturated rings. The molecule has 0 N–H and O–H groups in total. The van der Waals surface area contributed by atoms with E-state index in [0.29, 0.717) is 19.3 Å². The molecule has 1 atom stereocenters. The van der Waals surface area contributed by atoms with E-state index < -0.39 is 6.10 Å². The topological polar surface area (TPSA) is 78.9 Å². The zero-order chi connectivity index (χ0) is 45.8. The molecule has 0 saturated carbocycles. The lowest BCUT2D eigenvalue weighted by molar-refractivity contribution is -0.167. The van der Waals surface area contributed by atoms with Gasteiger partial charge in [-0.3, -0.25) is 14.4 Å². The smallest absolute Gasteiger partial charge is 0.306 e. The van der Waals surface area contributed by atoms with Crippen molar-refractivity contribution in [1.82, 2.24) is 0 Å². The van der Waals surface area contributed by atoms with Gasteiger partial charge in [0.25, 0.3) is 0 Å². The molecule has 0 aliphatic carbocycles. The first-order chi connectivity index (χ1) is 31.0. The molecule has 0 aromatic rings. The number of hydrogen-bond acceptors (Lipinski definition) is 6. The van der Waals surface area contributed by atoms with Gasteiger partial charge in [-0.15, -0.1) is 0 Å². The number of rotatable bonds is 49. The van der Waals surface area contributed by atoms with Crippen LogP contribution in [0.15, 0.2) is 48.6 Å². The Morgan fingerprint density at radius 3 is 0.968 bits per heavy atom. The van der Waals surface area contributed by atoms with Crippen LogP contribution in [0.3, 0.4) is 0 Å². The Balaban J connectivity index is 4.08. The first-order valence-electron chi connectivity index (χ1n) is 27.1. The van der Waals surface area contributed by atoms with Crippen LogP contribution < -0.4 is 0 Å². The Morgan fingerprint density at radius 1 is 0.317 bits per heavy atom. The van der Waals surface area contributed by atoms with E-state index in [1.54, 1.807) is 0 Å². The molecule has 0 aromatic carbocycles. The molecule has 6 heteroatoms. The monoisotopic (exact) mass is 883 g/mol. The molecule has 0 aromatic heterocycles. The van der Waals surface area contributed by atoms with Crippen LogP contribution in [0, 0.1) is 0 Å². The minimum Gasteiger partial charge on any atom is -0.462 e. The molecule has 63 heavy (non-hydrogen) atoms. The minimum absolute atomic E-state index is 0.0751. The van der Waals surface area contributed by atoms with Gasteiger partial charge in [-0.25, -0.2) is 0 Å². The summed E-state index contributed by atoms with van der Waals surface area (Å²) in [6.07, 6.45) is 62.7. The highest BCUT2D eigenvalue weighted by Crippen LogP contribution is 2.15. The summed E-state index contributed by atoms with van der Waals surface area (Å²) in [5.74, 6) is -0.886. The molecule has 0 rings (SSSR count). The number of allylic oxidation sites excluding steroid dienone is 8. The van der Waals surface area contributed by atoms with Crippen molar-refractivity contribution in [3.8, 4) is 0 Å². The number of ether oxygens (including phenoxy) is 3. The number of carbonyl (C=O) groups excluding carboxylic acids is 3. The molecule has 0 heterocycles. The summed E-state index contributed by atoms with van der Waals surface area (Å²) < 4.78 is 16.7. The predicted octanol–water partition coefficient (Wildman–Crippen LogP) is 17.9. The van der Waals surface area contributed by atoms with E-state index >= 15 is 0 Å². The van der Waals surface area contributed by atoms with Gasteiger partial charge in [0.05, 0.1) is 0 Å². The number of carbonyl (C=O) groups is 3. The molecule has 0 radical (unpaired) electrons. The maximum absolute atomic E-state index is 12.7. The van der Waals surface area contributed by atoms with Crippen LogP contribution in [0.2, 0.25) is 0 Å². The number of hydrogen-bond donors (Lipinski definition) is 0. The van der Waals surface area contributed by atoms with Gasteiger partial charge < -0.3 is 14.2 Å². The van der Waals surface area contributed by atoms with Crippen molar-refractivity contribution in [2.24, 2.45) is 0 Å². The summed E-state index contributed by atoms with van der Waals surface area (Å²) >= 11 is 0. The van der Waals surface area contributed by atoms with E-state index in [1.165, 1.54) is 148 Å². The summed E-state index contributed by atoms with van der Waals surface area (Å²) in [6, 6.07) is 0. The lowest BCUT2D eigenvalue weighted by atomic mass is 10.0. The van der Waals surface area contributed by atoms with Crippen LogP contribution in [0.1, 0.15) is 278 Å². The predicted molar refractivity (Wildman–Crippen MR) is 270 cm³/mol. The lowest BCUT2D eigenvalue weighted by Crippen LogP contribution is -2.30. The molecular weight excluding hydrogens is 781 g/mol. The van der Waals surface area contributed by atoms with Gasteiger partial charge >= 0.3 is 17.9 Å². The molecular formula is C57H102O6. The van der Waals surface area contributed by atoms with Crippen molar-refractivity contribution in [2.45, 2.75) is 284 Å². The van der Waals surface area contributed by atoms with E-state index in [-0.39, 0.29) is 31.1 Å². The fourth-order valence-corrected chi connectivity index (χ4v) is 7.69. The van der Waals surface area contributed by atoms with Gasteiger partial charge in [0.2, 0.25) is 0 Å². The van der Waals surface area contributed by atoms with Crippen molar-refractivity contribution in [1.29, 1.82) is 0 Å². The first kappa shape index (κ1) is 60.4. The molecule has 0 saturated heterocycles. The largest absolute Gasteiger partial charge is 0.462 e. The van der Waals surface area contributed by atoms with E-state index in [1.807, 2.05) is 0 Å². The molecule has 0 bridgehead atoms. The van der Waals surface area contributed by atoms with Crippen molar-refractivity contribution < 1.29 is 28.6 Å². The summed E-state index contributed by atoms with van der Waals surface area (Å²) in [5.41, 5.74) is 0. The summed E-state index contributed by atoms with van der Waals surface area (Å²) in [6.45, 7) is 6.54. The Kier molecular flexibility index (Phi) is 49.8. The fourth-order valence-electron chi connectivity index (χ4n) is 7.69. The molecule has 0 aliphatic heterocycles. The van der Waals surface area contributed by atoms with E-state index in [4.69, 9.17) is 14.2 Å². The summed E-state index contributed by atoms with van der Waals surface area (Å²) in [7, 11) is 0. The van der Waals surface area contributed by atoms with Gasteiger partial charge in [0, 0.05) is 19.3 Å². The van der Waals surface area contributed by atoms with Crippen LogP contribution in [0.4, 0.5) is 0 Å². The second kappa shape index (κ2) is 52.0. The van der Waals surface area contributed by atoms with Crippen LogP contribution in [0.5, 0.6) is 0 Å². The van der Waals surface area contributed by atoms with Crippen LogP contribution >= 0.6 is 0 Å². The highest BCUT2D eigenvalue weighted by atomic mass is 16.6. The van der Waals surface area contributed by atoms with Gasteiger partial charge in [0.1, 0.15) is 13.2 Å². The third kappa shape index (κ3) is 50.2. The quantitative estimate of drug-likeness (QED) is 0.0262. The Bertz CT molecular complexity index is 1110. The third-order valence-electron chi connectivity index (χ3n) is 11.8. The molecule has 366 valence electrons. The third-order valence-corrected chi connectivity index (χ3v) is 11.8. The normalized spacial score (nSPS) is 12.4. The first-order valence-corrected chi connectivity index (χ1v) is 27.1. The van der Waals surface area contributed by atoms with Crippen molar-refractivity contribution in [2.75, 3.05) is 13.2 Å². The van der Waals surface area contributed by atoms with Crippen molar-refractivity contribution in [3.05, 3.63) is 48.6 Å². The molecule has 1 unspecified atom stereocenters.